The maximum absolute atomic E-state index is 5.58. The summed E-state index contributed by atoms with van der Waals surface area (Å²) in [5.74, 6) is 0.962. The van der Waals surface area contributed by atoms with E-state index < -0.39 is 0 Å². The van der Waals surface area contributed by atoms with Crippen molar-refractivity contribution in [2.45, 2.75) is 19.9 Å². The summed E-state index contributed by atoms with van der Waals surface area (Å²) in [5.41, 5.74) is 1.30. The molecule has 4 heteroatoms. The zero-order valence-corrected chi connectivity index (χ0v) is 12.4. The van der Waals surface area contributed by atoms with Gasteiger partial charge in [0.15, 0.2) is 0 Å². The molecule has 0 bridgehead atoms. The Morgan fingerprint density at radius 1 is 1.20 bits per heavy atom. The molecule has 1 fully saturated rings. The minimum Gasteiger partial charge on any atom is -0.494 e. The van der Waals surface area contributed by atoms with Crippen molar-refractivity contribution in [3.63, 3.8) is 0 Å². The summed E-state index contributed by atoms with van der Waals surface area (Å²) in [7, 11) is 0. The van der Waals surface area contributed by atoms with Crippen LogP contribution in [-0.2, 0) is 11.3 Å². The van der Waals surface area contributed by atoms with E-state index in [1.54, 1.807) is 0 Å². The van der Waals surface area contributed by atoms with E-state index in [9.17, 15) is 0 Å². The molecule has 0 aromatic heterocycles. The van der Waals surface area contributed by atoms with Gasteiger partial charge >= 0.3 is 0 Å². The van der Waals surface area contributed by atoms with E-state index in [2.05, 4.69) is 41.4 Å². The standard InChI is InChI=1S/C16H26N2O2/c1-2-11-20-16-5-3-15(4-6-16)14-17-7-8-18-9-12-19-13-10-18/h3-6,17H,2,7-14H2,1H3. The lowest BCUT2D eigenvalue weighted by molar-refractivity contribution is 0.0384. The van der Waals surface area contributed by atoms with E-state index >= 15 is 0 Å². The third-order valence-corrected chi connectivity index (χ3v) is 3.43. The van der Waals surface area contributed by atoms with Crippen LogP contribution in [0.3, 0.4) is 0 Å². The molecule has 0 unspecified atom stereocenters. The maximum Gasteiger partial charge on any atom is 0.119 e. The van der Waals surface area contributed by atoms with Crippen molar-refractivity contribution in [1.29, 1.82) is 0 Å². The van der Waals surface area contributed by atoms with Gasteiger partial charge in [-0.25, -0.2) is 0 Å². The lowest BCUT2D eigenvalue weighted by Gasteiger charge is -2.26. The van der Waals surface area contributed by atoms with Crippen LogP contribution >= 0.6 is 0 Å². The van der Waals surface area contributed by atoms with E-state index in [1.165, 1.54) is 5.56 Å². The van der Waals surface area contributed by atoms with E-state index in [4.69, 9.17) is 9.47 Å². The number of rotatable bonds is 8. The van der Waals surface area contributed by atoms with Crippen LogP contribution < -0.4 is 10.1 Å². The lowest BCUT2D eigenvalue weighted by Crippen LogP contribution is -2.40. The number of benzene rings is 1. The molecule has 4 nitrogen and oxygen atoms in total. The molecule has 1 N–H and O–H groups in total. The average molecular weight is 278 g/mol. The molecule has 0 saturated carbocycles. The second-order valence-electron chi connectivity index (χ2n) is 5.12. The summed E-state index contributed by atoms with van der Waals surface area (Å²) in [4.78, 5) is 2.44. The van der Waals surface area contributed by atoms with Gasteiger partial charge in [-0.2, -0.15) is 0 Å². The van der Waals surface area contributed by atoms with Gasteiger partial charge in [-0.3, -0.25) is 4.90 Å². The van der Waals surface area contributed by atoms with Crippen LogP contribution in [0.4, 0.5) is 0 Å². The fourth-order valence-electron chi connectivity index (χ4n) is 2.22. The van der Waals surface area contributed by atoms with Gasteiger partial charge in [-0.15, -0.1) is 0 Å². The highest BCUT2D eigenvalue weighted by molar-refractivity contribution is 5.27. The van der Waals surface area contributed by atoms with Crippen molar-refractivity contribution >= 4 is 0 Å². The first-order chi connectivity index (χ1) is 9.88. The first kappa shape index (κ1) is 15.3. The molecule has 0 amide bonds. The Bertz CT molecular complexity index is 361. The average Bonchev–Trinajstić information content (AvgIpc) is 2.52. The highest BCUT2D eigenvalue weighted by Crippen LogP contribution is 2.12. The summed E-state index contributed by atoms with van der Waals surface area (Å²) in [6, 6.07) is 8.36. The number of ether oxygens (including phenoxy) is 2. The fraction of sp³-hybridized carbons (Fsp3) is 0.625. The Kier molecular flexibility index (Phi) is 6.84. The van der Waals surface area contributed by atoms with E-state index in [0.29, 0.717) is 0 Å². The smallest absolute Gasteiger partial charge is 0.119 e. The maximum atomic E-state index is 5.58. The molecule has 1 aromatic carbocycles. The van der Waals surface area contributed by atoms with Gasteiger partial charge in [0.1, 0.15) is 5.75 Å². The van der Waals surface area contributed by atoms with Crippen molar-refractivity contribution in [2.75, 3.05) is 46.0 Å². The van der Waals surface area contributed by atoms with Gasteiger partial charge in [-0.1, -0.05) is 19.1 Å². The Labute approximate surface area is 122 Å². The van der Waals surface area contributed by atoms with Crippen LogP contribution in [0.5, 0.6) is 5.75 Å². The van der Waals surface area contributed by atoms with Gasteiger partial charge < -0.3 is 14.8 Å². The topological polar surface area (TPSA) is 33.7 Å². The van der Waals surface area contributed by atoms with Crippen LogP contribution in [-0.4, -0.2) is 50.9 Å². The third-order valence-electron chi connectivity index (χ3n) is 3.43. The van der Waals surface area contributed by atoms with E-state index in [-0.39, 0.29) is 0 Å². The van der Waals surface area contributed by atoms with Gasteiger partial charge in [0, 0.05) is 32.7 Å². The van der Waals surface area contributed by atoms with E-state index in [0.717, 1.165) is 64.7 Å². The molecule has 1 aliphatic rings. The first-order valence-electron chi connectivity index (χ1n) is 7.61. The molecule has 1 heterocycles. The second kappa shape index (κ2) is 8.95. The van der Waals surface area contributed by atoms with Gasteiger partial charge in [0.25, 0.3) is 0 Å². The summed E-state index contributed by atoms with van der Waals surface area (Å²) >= 11 is 0. The fourth-order valence-corrected chi connectivity index (χ4v) is 2.22. The Morgan fingerprint density at radius 3 is 2.65 bits per heavy atom. The SMILES string of the molecule is CCCOc1ccc(CNCCN2CCOCC2)cc1. The highest BCUT2D eigenvalue weighted by atomic mass is 16.5. The molecule has 0 aliphatic carbocycles. The minimum absolute atomic E-state index is 0.789. The number of nitrogens with zero attached hydrogens (tertiary/aromatic N) is 1. The minimum atomic E-state index is 0.789. The van der Waals surface area contributed by atoms with Gasteiger partial charge in [0.05, 0.1) is 19.8 Å². The van der Waals surface area contributed by atoms with Crippen LogP contribution in [0.25, 0.3) is 0 Å². The molecular formula is C16H26N2O2. The third kappa shape index (κ3) is 5.49. The molecular weight excluding hydrogens is 252 g/mol. The molecule has 0 atom stereocenters. The summed E-state index contributed by atoms with van der Waals surface area (Å²) < 4.78 is 10.9. The summed E-state index contributed by atoms with van der Waals surface area (Å²) in [5, 5.41) is 3.49. The van der Waals surface area contributed by atoms with Crippen LogP contribution in [0, 0.1) is 0 Å². The van der Waals surface area contributed by atoms with Crippen LogP contribution in [0.2, 0.25) is 0 Å². The molecule has 1 aromatic rings. The van der Waals surface area contributed by atoms with Crippen molar-refractivity contribution in [3.05, 3.63) is 29.8 Å². The van der Waals surface area contributed by atoms with Crippen LogP contribution in [0.1, 0.15) is 18.9 Å². The zero-order chi connectivity index (χ0) is 14.0. The Balaban J connectivity index is 1.61. The van der Waals surface area contributed by atoms with Crippen molar-refractivity contribution in [1.82, 2.24) is 10.2 Å². The summed E-state index contributed by atoms with van der Waals surface area (Å²) in [6.45, 7) is 9.81. The molecule has 112 valence electrons. The largest absolute Gasteiger partial charge is 0.494 e. The molecule has 0 spiro atoms. The zero-order valence-electron chi connectivity index (χ0n) is 12.4. The van der Waals surface area contributed by atoms with Gasteiger partial charge in [-0.05, 0) is 24.1 Å². The number of morpholine rings is 1. The first-order valence-corrected chi connectivity index (χ1v) is 7.61. The number of hydrogen-bond acceptors (Lipinski definition) is 4. The molecule has 20 heavy (non-hydrogen) atoms. The highest BCUT2D eigenvalue weighted by Gasteiger charge is 2.08. The predicted molar refractivity (Wildman–Crippen MR) is 81.2 cm³/mol. The molecule has 0 radical (unpaired) electrons. The van der Waals surface area contributed by atoms with Crippen molar-refractivity contribution in [2.24, 2.45) is 0 Å². The number of hydrogen-bond donors (Lipinski definition) is 1. The molecule has 2 rings (SSSR count). The Morgan fingerprint density at radius 2 is 1.95 bits per heavy atom. The second-order valence-corrected chi connectivity index (χ2v) is 5.12. The summed E-state index contributed by atoms with van der Waals surface area (Å²) in [6.07, 6.45) is 1.05. The molecule has 1 aliphatic heterocycles. The van der Waals surface area contributed by atoms with E-state index in [1.807, 2.05) is 0 Å². The monoisotopic (exact) mass is 278 g/mol. The quantitative estimate of drug-likeness (QED) is 0.736. The Hall–Kier alpha value is -1.10. The normalized spacial score (nSPS) is 16.2. The number of nitrogens with one attached hydrogen (secondary N) is 1. The van der Waals surface area contributed by atoms with Crippen molar-refractivity contribution in [3.8, 4) is 5.75 Å². The van der Waals surface area contributed by atoms with Gasteiger partial charge in [0.2, 0.25) is 0 Å². The lowest BCUT2D eigenvalue weighted by atomic mass is 10.2. The molecule has 1 saturated heterocycles. The predicted octanol–water partition coefficient (Wildman–Crippen LogP) is 1.90. The van der Waals surface area contributed by atoms with Crippen LogP contribution in [0.15, 0.2) is 24.3 Å². The van der Waals surface area contributed by atoms with Crippen molar-refractivity contribution < 1.29 is 9.47 Å².